The minimum atomic E-state index is 0.537. The zero-order valence-electron chi connectivity index (χ0n) is 10.8. The van der Waals surface area contributed by atoms with Crippen molar-refractivity contribution in [1.29, 1.82) is 0 Å². The standard InChI is InChI=1S/C14H23NO/c1-5-15-12(3)11(2)10-13-8-6-7-9-14(13)16-4/h6-9,11-12,15H,5,10H2,1-4H3. The van der Waals surface area contributed by atoms with Crippen LogP contribution < -0.4 is 10.1 Å². The first kappa shape index (κ1) is 13.0. The average Bonchev–Trinajstić information content (AvgIpc) is 2.30. The Kier molecular flexibility index (Phi) is 5.33. The Hall–Kier alpha value is -1.02. The Morgan fingerprint density at radius 3 is 2.56 bits per heavy atom. The highest BCUT2D eigenvalue weighted by Crippen LogP contribution is 2.21. The number of ether oxygens (including phenoxy) is 1. The Morgan fingerprint density at radius 2 is 1.94 bits per heavy atom. The lowest BCUT2D eigenvalue weighted by atomic mass is 9.94. The largest absolute Gasteiger partial charge is 0.496 e. The predicted octanol–water partition coefficient (Wildman–Crippen LogP) is 2.87. The molecule has 16 heavy (non-hydrogen) atoms. The zero-order valence-corrected chi connectivity index (χ0v) is 10.8. The van der Waals surface area contributed by atoms with Crippen LogP contribution in [0.3, 0.4) is 0 Å². The summed E-state index contributed by atoms with van der Waals surface area (Å²) >= 11 is 0. The molecule has 0 aliphatic rings. The smallest absolute Gasteiger partial charge is 0.122 e. The molecule has 1 aromatic carbocycles. The molecule has 0 saturated carbocycles. The molecule has 0 spiro atoms. The lowest BCUT2D eigenvalue weighted by Crippen LogP contribution is -2.32. The molecule has 0 heterocycles. The summed E-state index contributed by atoms with van der Waals surface area (Å²) in [5.41, 5.74) is 1.29. The highest BCUT2D eigenvalue weighted by atomic mass is 16.5. The van der Waals surface area contributed by atoms with Gasteiger partial charge in [-0.2, -0.15) is 0 Å². The van der Waals surface area contributed by atoms with Crippen molar-refractivity contribution in [3.8, 4) is 5.75 Å². The minimum Gasteiger partial charge on any atom is -0.496 e. The van der Waals surface area contributed by atoms with Crippen LogP contribution in [0.2, 0.25) is 0 Å². The molecule has 0 aromatic heterocycles. The molecule has 0 aliphatic carbocycles. The van der Waals surface area contributed by atoms with Gasteiger partial charge in [0.25, 0.3) is 0 Å². The molecule has 0 aliphatic heterocycles. The Bertz CT molecular complexity index is 311. The second-order valence-electron chi connectivity index (χ2n) is 4.34. The lowest BCUT2D eigenvalue weighted by Gasteiger charge is -2.21. The van der Waals surface area contributed by atoms with Crippen LogP contribution in [0, 0.1) is 5.92 Å². The van der Waals surface area contributed by atoms with Crippen molar-refractivity contribution in [2.45, 2.75) is 33.2 Å². The van der Waals surface area contributed by atoms with E-state index in [0.29, 0.717) is 12.0 Å². The molecule has 0 amide bonds. The summed E-state index contributed by atoms with van der Waals surface area (Å²) in [4.78, 5) is 0. The minimum absolute atomic E-state index is 0.537. The van der Waals surface area contributed by atoms with Crippen LogP contribution in [-0.2, 0) is 6.42 Å². The SMILES string of the molecule is CCNC(C)C(C)Cc1ccccc1OC. The second-order valence-corrected chi connectivity index (χ2v) is 4.34. The third-order valence-electron chi connectivity index (χ3n) is 3.11. The summed E-state index contributed by atoms with van der Waals surface area (Å²) < 4.78 is 5.37. The van der Waals surface area contributed by atoms with E-state index in [4.69, 9.17) is 4.74 Å². The average molecular weight is 221 g/mol. The van der Waals surface area contributed by atoms with Gasteiger partial charge in [-0.15, -0.1) is 0 Å². The summed E-state index contributed by atoms with van der Waals surface area (Å²) in [6, 6.07) is 8.80. The maximum Gasteiger partial charge on any atom is 0.122 e. The van der Waals surface area contributed by atoms with Gasteiger partial charge in [0.15, 0.2) is 0 Å². The fourth-order valence-corrected chi connectivity index (χ4v) is 1.92. The van der Waals surface area contributed by atoms with Crippen LogP contribution >= 0.6 is 0 Å². The fourth-order valence-electron chi connectivity index (χ4n) is 1.92. The van der Waals surface area contributed by atoms with Crippen LogP contribution in [0.4, 0.5) is 0 Å². The monoisotopic (exact) mass is 221 g/mol. The van der Waals surface area contributed by atoms with E-state index >= 15 is 0 Å². The van der Waals surface area contributed by atoms with Crippen LogP contribution in [-0.4, -0.2) is 19.7 Å². The Balaban J connectivity index is 2.64. The molecule has 0 bridgehead atoms. The van der Waals surface area contributed by atoms with Crippen molar-refractivity contribution >= 4 is 0 Å². The van der Waals surface area contributed by atoms with Crippen LogP contribution in [0.25, 0.3) is 0 Å². The van der Waals surface area contributed by atoms with Gasteiger partial charge in [-0.25, -0.2) is 0 Å². The van der Waals surface area contributed by atoms with E-state index in [-0.39, 0.29) is 0 Å². The summed E-state index contributed by atoms with van der Waals surface area (Å²) in [5.74, 6) is 1.61. The van der Waals surface area contributed by atoms with E-state index in [1.807, 2.05) is 12.1 Å². The molecule has 1 rings (SSSR count). The van der Waals surface area contributed by atoms with E-state index in [2.05, 4.69) is 38.2 Å². The Morgan fingerprint density at radius 1 is 1.25 bits per heavy atom. The van der Waals surface area contributed by atoms with E-state index in [0.717, 1.165) is 18.7 Å². The van der Waals surface area contributed by atoms with E-state index in [9.17, 15) is 0 Å². The van der Waals surface area contributed by atoms with E-state index in [1.54, 1.807) is 7.11 Å². The topological polar surface area (TPSA) is 21.3 Å². The van der Waals surface area contributed by atoms with Gasteiger partial charge >= 0.3 is 0 Å². The molecule has 2 nitrogen and oxygen atoms in total. The molecular formula is C14H23NO. The summed E-state index contributed by atoms with van der Waals surface area (Å²) in [5, 5.41) is 3.46. The molecule has 90 valence electrons. The fraction of sp³-hybridized carbons (Fsp3) is 0.571. The van der Waals surface area contributed by atoms with Gasteiger partial charge in [-0.3, -0.25) is 0 Å². The van der Waals surface area contributed by atoms with Crippen molar-refractivity contribution in [3.05, 3.63) is 29.8 Å². The maximum atomic E-state index is 5.37. The summed E-state index contributed by atoms with van der Waals surface area (Å²) in [6.07, 6.45) is 1.05. The molecule has 0 radical (unpaired) electrons. The van der Waals surface area contributed by atoms with E-state index in [1.165, 1.54) is 5.56 Å². The molecule has 1 aromatic rings. The van der Waals surface area contributed by atoms with Gasteiger partial charge in [0.1, 0.15) is 5.75 Å². The van der Waals surface area contributed by atoms with Gasteiger partial charge in [-0.05, 0) is 37.4 Å². The first-order valence-corrected chi connectivity index (χ1v) is 6.04. The first-order valence-electron chi connectivity index (χ1n) is 6.04. The number of rotatable bonds is 6. The quantitative estimate of drug-likeness (QED) is 0.797. The summed E-state index contributed by atoms with van der Waals surface area (Å²) in [6.45, 7) is 7.69. The van der Waals surface area contributed by atoms with Gasteiger partial charge in [0.2, 0.25) is 0 Å². The van der Waals surface area contributed by atoms with Crippen molar-refractivity contribution in [2.24, 2.45) is 5.92 Å². The lowest BCUT2D eigenvalue weighted by molar-refractivity contribution is 0.383. The Labute approximate surface area is 99.0 Å². The number of methoxy groups -OCH3 is 1. The molecule has 0 fully saturated rings. The van der Waals surface area contributed by atoms with Gasteiger partial charge in [-0.1, -0.05) is 32.0 Å². The van der Waals surface area contributed by atoms with Gasteiger partial charge in [0, 0.05) is 6.04 Å². The maximum absolute atomic E-state index is 5.37. The molecule has 2 unspecified atom stereocenters. The molecule has 2 heteroatoms. The third kappa shape index (κ3) is 3.53. The molecule has 1 N–H and O–H groups in total. The van der Waals surface area contributed by atoms with Crippen molar-refractivity contribution < 1.29 is 4.74 Å². The van der Waals surface area contributed by atoms with Crippen molar-refractivity contribution in [1.82, 2.24) is 5.32 Å². The highest BCUT2D eigenvalue weighted by molar-refractivity contribution is 5.33. The summed E-state index contributed by atoms with van der Waals surface area (Å²) in [7, 11) is 1.73. The normalized spacial score (nSPS) is 14.5. The number of para-hydroxylation sites is 1. The number of nitrogens with one attached hydrogen (secondary N) is 1. The predicted molar refractivity (Wildman–Crippen MR) is 69.0 cm³/mol. The van der Waals surface area contributed by atoms with Crippen molar-refractivity contribution in [3.63, 3.8) is 0 Å². The molecular weight excluding hydrogens is 198 g/mol. The van der Waals surface area contributed by atoms with E-state index < -0.39 is 0 Å². The molecule has 0 saturated heterocycles. The zero-order chi connectivity index (χ0) is 12.0. The number of hydrogen-bond acceptors (Lipinski definition) is 2. The van der Waals surface area contributed by atoms with Gasteiger partial charge in [0.05, 0.1) is 7.11 Å². The van der Waals surface area contributed by atoms with Crippen LogP contribution in [0.15, 0.2) is 24.3 Å². The van der Waals surface area contributed by atoms with Crippen molar-refractivity contribution in [2.75, 3.05) is 13.7 Å². The van der Waals surface area contributed by atoms with Gasteiger partial charge < -0.3 is 10.1 Å². The number of hydrogen-bond donors (Lipinski definition) is 1. The van der Waals surface area contributed by atoms with Crippen LogP contribution in [0.5, 0.6) is 5.75 Å². The first-order chi connectivity index (χ1) is 7.69. The molecule has 2 atom stereocenters. The highest BCUT2D eigenvalue weighted by Gasteiger charge is 2.13. The van der Waals surface area contributed by atoms with Crippen LogP contribution in [0.1, 0.15) is 26.3 Å². The third-order valence-corrected chi connectivity index (χ3v) is 3.11. The second kappa shape index (κ2) is 6.54. The number of benzene rings is 1.